The molecule has 16 heavy (non-hydrogen) atoms. The lowest BCUT2D eigenvalue weighted by Gasteiger charge is -2.12. The van der Waals surface area contributed by atoms with E-state index in [0.29, 0.717) is 0 Å². The second kappa shape index (κ2) is 3.91. The lowest BCUT2D eigenvalue weighted by Crippen LogP contribution is -1.99. The molecule has 2 heterocycles. The molecule has 0 saturated heterocycles. The van der Waals surface area contributed by atoms with Crippen LogP contribution in [0.15, 0.2) is 18.3 Å². The second-order valence-corrected chi connectivity index (χ2v) is 5.25. The van der Waals surface area contributed by atoms with E-state index in [9.17, 15) is 0 Å². The predicted molar refractivity (Wildman–Crippen MR) is 67.4 cm³/mol. The molecule has 0 atom stereocenters. The molecule has 1 radical (unpaired) electrons. The van der Waals surface area contributed by atoms with Crippen LogP contribution in [0.5, 0.6) is 0 Å². The highest BCUT2D eigenvalue weighted by Crippen LogP contribution is 2.41. The number of hydrogen-bond acceptors (Lipinski definition) is 3. The largest absolute Gasteiger partial charge is 0.390 e. The number of hydrogen-bond donors (Lipinski definition) is 1. The molecule has 0 aromatic carbocycles. The van der Waals surface area contributed by atoms with Gasteiger partial charge in [-0.3, -0.25) is 4.98 Å². The first-order valence-electron chi connectivity index (χ1n) is 5.59. The molecule has 81 valence electrons. The van der Waals surface area contributed by atoms with E-state index in [-0.39, 0.29) is 0 Å². The average molecular weight is 229 g/mol. The molecule has 2 N–H and O–H groups in total. The third kappa shape index (κ3) is 1.52. The van der Waals surface area contributed by atoms with Gasteiger partial charge < -0.3 is 5.73 Å². The maximum absolute atomic E-state index is 6.12. The van der Waals surface area contributed by atoms with E-state index in [1.54, 1.807) is 17.5 Å². The van der Waals surface area contributed by atoms with Crippen LogP contribution in [0.1, 0.15) is 23.3 Å². The minimum absolute atomic E-state index is 0.927. The zero-order valence-corrected chi connectivity index (χ0v) is 9.81. The molecule has 1 aliphatic carbocycles. The van der Waals surface area contributed by atoms with Crippen molar-refractivity contribution >= 4 is 16.3 Å². The van der Waals surface area contributed by atoms with Gasteiger partial charge >= 0.3 is 0 Å². The van der Waals surface area contributed by atoms with Crippen LogP contribution in [0.25, 0.3) is 11.1 Å². The zero-order valence-electron chi connectivity index (χ0n) is 8.99. The number of fused-ring (bicyclic) bond motifs is 1. The Balaban J connectivity index is 2.17. The number of nitrogen functional groups attached to an aromatic ring is 1. The molecule has 0 unspecified atom stereocenters. The van der Waals surface area contributed by atoms with Crippen LogP contribution >= 0.6 is 11.3 Å². The van der Waals surface area contributed by atoms with E-state index < -0.39 is 0 Å². The van der Waals surface area contributed by atoms with Gasteiger partial charge in [-0.1, -0.05) is 6.07 Å². The summed E-state index contributed by atoms with van der Waals surface area (Å²) in [5.41, 5.74) is 9.80. The van der Waals surface area contributed by atoms with Crippen LogP contribution in [0, 0.1) is 6.20 Å². The Labute approximate surface area is 99.1 Å². The summed E-state index contributed by atoms with van der Waals surface area (Å²) >= 11 is 1.74. The molecule has 0 amide bonds. The number of aryl methyl sites for hydroxylation is 1. The van der Waals surface area contributed by atoms with Gasteiger partial charge in [-0.15, -0.1) is 11.3 Å². The summed E-state index contributed by atoms with van der Waals surface area (Å²) < 4.78 is 0. The average Bonchev–Trinajstić information content (AvgIpc) is 2.66. The summed E-state index contributed by atoms with van der Waals surface area (Å²) in [6.07, 6.45) is 9.69. The summed E-state index contributed by atoms with van der Waals surface area (Å²) in [5.74, 6) is 0. The topological polar surface area (TPSA) is 38.9 Å². The molecule has 0 spiro atoms. The highest BCUT2D eigenvalue weighted by Gasteiger charge is 2.20. The lowest BCUT2D eigenvalue weighted by atomic mass is 9.93. The van der Waals surface area contributed by atoms with Gasteiger partial charge in [0, 0.05) is 22.2 Å². The first-order chi connectivity index (χ1) is 7.86. The van der Waals surface area contributed by atoms with Gasteiger partial charge in [0.15, 0.2) is 0 Å². The molecule has 0 bridgehead atoms. The van der Waals surface area contributed by atoms with E-state index in [1.165, 1.54) is 35.3 Å². The highest BCUT2D eigenvalue weighted by atomic mass is 32.1. The molecule has 0 aliphatic heterocycles. The molecule has 0 fully saturated rings. The Bertz CT molecular complexity index is 502. The first-order valence-corrected chi connectivity index (χ1v) is 6.41. The van der Waals surface area contributed by atoms with Crippen molar-refractivity contribution in [2.75, 3.05) is 5.73 Å². The Morgan fingerprint density at radius 1 is 1.31 bits per heavy atom. The van der Waals surface area contributed by atoms with Gasteiger partial charge in [-0.05, 0) is 37.3 Å². The van der Waals surface area contributed by atoms with Crippen molar-refractivity contribution in [3.63, 3.8) is 0 Å². The standard InChI is InChI=1S/C13H13N2S/c14-13-12(9-4-3-7-15-8-9)10-5-1-2-6-11(10)16-13/h3-4,7H,1-2,5-6,14H2. The Hall–Kier alpha value is -1.35. The highest BCUT2D eigenvalue weighted by molar-refractivity contribution is 7.16. The van der Waals surface area contributed by atoms with Crippen LogP contribution in [-0.2, 0) is 12.8 Å². The summed E-state index contributed by atoms with van der Waals surface area (Å²) in [6, 6.07) is 3.98. The number of thiophene rings is 1. The summed E-state index contributed by atoms with van der Waals surface area (Å²) in [5, 5.41) is 0.927. The summed E-state index contributed by atoms with van der Waals surface area (Å²) in [7, 11) is 0. The van der Waals surface area contributed by atoms with Crippen LogP contribution in [0.2, 0.25) is 0 Å². The second-order valence-electron chi connectivity index (χ2n) is 4.11. The molecule has 3 rings (SSSR count). The van der Waals surface area contributed by atoms with Crippen molar-refractivity contribution in [1.82, 2.24) is 4.98 Å². The third-order valence-corrected chi connectivity index (χ3v) is 4.20. The van der Waals surface area contributed by atoms with Crippen molar-refractivity contribution in [3.05, 3.63) is 35.0 Å². The van der Waals surface area contributed by atoms with Crippen LogP contribution < -0.4 is 5.73 Å². The molecular formula is C13H13N2S. The van der Waals surface area contributed by atoms with E-state index in [1.807, 2.05) is 12.1 Å². The number of nitrogens with zero attached hydrogens (tertiary/aromatic N) is 1. The van der Waals surface area contributed by atoms with Gasteiger partial charge in [0.2, 0.25) is 0 Å². The minimum Gasteiger partial charge on any atom is -0.390 e. The molecule has 2 aromatic heterocycles. The minimum atomic E-state index is 0.927. The van der Waals surface area contributed by atoms with Gasteiger partial charge in [-0.2, -0.15) is 0 Å². The van der Waals surface area contributed by atoms with E-state index in [2.05, 4.69) is 11.2 Å². The Morgan fingerprint density at radius 2 is 2.19 bits per heavy atom. The third-order valence-electron chi connectivity index (χ3n) is 3.08. The van der Waals surface area contributed by atoms with Crippen LogP contribution in [0.4, 0.5) is 5.00 Å². The fourth-order valence-electron chi connectivity index (χ4n) is 2.35. The predicted octanol–water partition coefficient (Wildman–Crippen LogP) is 3.07. The van der Waals surface area contributed by atoms with E-state index >= 15 is 0 Å². The maximum atomic E-state index is 6.12. The monoisotopic (exact) mass is 229 g/mol. The lowest BCUT2D eigenvalue weighted by molar-refractivity contribution is 0.698. The number of aromatic nitrogens is 1. The number of pyridine rings is 1. The number of rotatable bonds is 1. The smallest absolute Gasteiger partial charge is 0.0971 e. The fraction of sp³-hybridized carbons (Fsp3) is 0.308. The maximum Gasteiger partial charge on any atom is 0.0971 e. The van der Waals surface area contributed by atoms with Crippen molar-refractivity contribution in [2.24, 2.45) is 0 Å². The molecule has 2 aromatic rings. The van der Waals surface area contributed by atoms with Crippen LogP contribution in [-0.4, -0.2) is 4.98 Å². The fourth-order valence-corrected chi connectivity index (χ4v) is 3.52. The van der Waals surface area contributed by atoms with E-state index in [0.717, 1.165) is 17.0 Å². The van der Waals surface area contributed by atoms with Crippen molar-refractivity contribution in [3.8, 4) is 11.1 Å². The number of anilines is 1. The summed E-state index contributed by atoms with van der Waals surface area (Å²) in [6.45, 7) is 0. The van der Waals surface area contributed by atoms with Crippen molar-refractivity contribution in [1.29, 1.82) is 0 Å². The molecule has 0 saturated carbocycles. The van der Waals surface area contributed by atoms with Gasteiger partial charge in [-0.25, -0.2) is 0 Å². The molecule has 1 aliphatic rings. The quantitative estimate of drug-likeness (QED) is 0.816. The Morgan fingerprint density at radius 3 is 3.00 bits per heavy atom. The van der Waals surface area contributed by atoms with Gasteiger partial charge in [0.25, 0.3) is 0 Å². The number of nitrogens with two attached hydrogens (primary N) is 1. The Kier molecular flexibility index (Phi) is 2.40. The van der Waals surface area contributed by atoms with Gasteiger partial charge in [0.05, 0.1) is 11.2 Å². The SMILES string of the molecule is Nc1sc2c(c1-c1[c]nccc1)CCCC2. The normalized spacial score (nSPS) is 14.8. The first kappa shape index (κ1) is 9.85. The van der Waals surface area contributed by atoms with E-state index in [4.69, 9.17) is 5.73 Å². The molecular weight excluding hydrogens is 216 g/mol. The van der Waals surface area contributed by atoms with Crippen LogP contribution in [0.3, 0.4) is 0 Å². The van der Waals surface area contributed by atoms with Crippen molar-refractivity contribution in [2.45, 2.75) is 25.7 Å². The molecule has 3 heteroatoms. The zero-order chi connectivity index (χ0) is 11.0. The summed E-state index contributed by atoms with van der Waals surface area (Å²) in [4.78, 5) is 5.52. The van der Waals surface area contributed by atoms with Gasteiger partial charge in [0.1, 0.15) is 0 Å². The van der Waals surface area contributed by atoms with Crippen molar-refractivity contribution < 1.29 is 0 Å². The molecule has 2 nitrogen and oxygen atoms in total.